The Morgan fingerprint density at radius 2 is 2.36 bits per heavy atom. The molecule has 1 aliphatic rings. The van der Waals surface area contributed by atoms with Gasteiger partial charge >= 0.3 is 0 Å². The molecule has 0 bridgehead atoms. The summed E-state index contributed by atoms with van der Waals surface area (Å²) in [4.78, 5) is 14.0. The zero-order chi connectivity index (χ0) is 15.7. The lowest BCUT2D eigenvalue weighted by molar-refractivity contribution is 0.0381. The molecule has 1 saturated heterocycles. The highest BCUT2D eigenvalue weighted by molar-refractivity contribution is 5.97. The van der Waals surface area contributed by atoms with E-state index >= 15 is 0 Å². The van der Waals surface area contributed by atoms with Gasteiger partial charge in [0.1, 0.15) is 22.9 Å². The molecule has 3 rings (SSSR count). The molecule has 2 heterocycles. The van der Waals surface area contributed by atoms with E-state index in [2.05, 4.69) is 15.4 Å². The quantitative estimate of drug-likeness (QED) is 0.870. The molecule has 116 valence electrons. The van der Waals surface area contributed by atoms with Crippen LogP contribution in [-0.2, 0) is 5.60 Å². The minimum Gasteiger partial charge on any atom is -0.496 e. The summed E-state index contributed by atoms with van der Waals surface area (Å²) < 4.78 is 18.5. The normalized spacial score (nSPS) is 21.1. The molecule has 7 nitrogen and oxygen atoms in total. The molecule has 2 aromatic rings. The second-order valence-electron chi connectivity index (χ2n) is 5.21. The Morgan fingerprint density at radius 1 is 1.55 bits per heavy atom. The summed E-state index contributed by atoms with van der Waals surface area (Å²) in [7, 11) is 1.42. The van der Waals surface area contributed by atoms with Crippen LogP contribution in [0.25, 0.3) is 0 Å². The number of nitrogens with zero attached hydrogens (tertiary/aromatic N) is 3. The third-order valence-corrected chi connectivity index (χ3v) is 3.82. The van der Waals surface area contributed by atoms with Crippen molar-refractivity contribution in [1.29, 1.82) is 0 Å². The average molecular weight is 306 g/mol. The molecule has 0 saturated carbocycles. The molecule has 1 aromatic heterocycles. The number of aliphatic hydroxyl groups is 1. The van der Waals surface area contributed by atoms with Crippen LogP contribution >= 0.6 is 0 Å². The molecular formula is C14H15FN4O3. The second kappa shape index (κ2) is 5.38. The predicted molar refractivity (Wildman–Crippen MR) is 73.8 cm³/mol. The van der Waals surface area contributed by atoms with Gasteiger partial charge < -0.3 is 14.7 Å². The second-order valence-corrected chi connectivity index (χ2v) is 5.21. The SMILES string of the molecule is COc1ccc(F)cc1C(=O)N1CC[C@](O)(c2cn[nH]n2)C1. The van der Waals surface area contributed by atoms with Gasteiger partial charge in [-0.3, -0.25) is 4.79 Å². The van der Waals surface area contributed by atoms with Gasteiger partial charge in [-0.2, -0.15) is 15.4 Å². The van der Waals surface area contributed by atoms with Crippen LogP contribution in [0.3, 0.4) is 0 Å². The van der Waals surface area contributed by atoms with Crippen molar-refractivity contribution in [1.82, 2.24) is 20.3 Å². The van der Waals surface area contributed by atoms with Crippen LogP contribution in [0.1, 0.15) is 22.5 Å². The van der Waals surface area contributed by atoms with Crippen molar-refractivity contribution in [3.05, 3.63) is 41.5 Å². The third-order valence-electron chi connectivity index (χ3n) is 3.82. The van der Waals surface area contributed by atoms with E-state index in [9.17, 15) is 14.3 Å². The fraction of sp³-hybridized carbons (Fsp3) is 0.357. The molecule has 1 amide bonds. The number of amides is 1. The van der Waals surface area contributed by atoms with Gasteiger partial charge in [-0.1, -0.05) is 0 Å². The van der Waals surface area contributed by atoms with Gasteiger partial charge in [0.15, 0.2) is 0 Å². The van der Waals surface area contributed by atoms with Crippen LogP contribution in [-0.4, -0.2) is 51.5 Å². The first-order chi connectivity index (χ1) is 10.5. The van der Waals surface area contributed by atoms with E-state index in [0.717, 1.165) is 6.07 Å². The highest BCUT2D eigenvalue weighted by Gasteiger charge is 2.42. The molecule has 1 atom stereocenters. The maximum atomic E-state index is 13.4. The van der Waals surface area contributed by atoms with Crippen molar-refractivity contribution in [3.63, 3.8) is 0 Å². The van der Waals surface area contributed by atoms with Gasteiger partial charge in [0.25, 0.3) is 5.91 Å². The monoisotopic (exact) mass is 306 g/mol. The summed E-state index contributed by atoms with van der Waals surface area (Å²) in [6.45, 7) is 0.403. The average Bonchev–Trinajstić information content (AvgIpc) is 3.17. The van der Waals surface area contributed by atoms with Crippen LogP contribution in [0.2, 0.25) is 0 Å². The number of methoxy groups -OCH3 is 1. The standard InChI is InChI=1S/C14H15FN4O3/c1-22-11-3-2-9(15)6-10(11)13(20)19-5-4-14(21,8-19)12-7-16-18-17-12/h2-3,6-7,21H,4-5,8H2,1H3,(H,16,17,18)/t14-/m1/s1. The lowest BCUT2D eigenvalue weighted by Crippen LogP contribution is -2.34. The number of rotatable bonds is 3. The fourth-order valence-corrected chi connectivity index (χ4v) is 2.62. The first kappa shape index (κ1) is 14.5. The van der Waals surface area contributed by atoms with Crippen molar-refractivity contribution >= 4 is 5.91 Å². The first-order valence-corrected chi connectivity index (χ1v) is 6.75. The zero-order valence-corrected chi connectivity index (χ0v) is 11.9. The number of likely N-dealkylation sites (tertiary alicyclic amines) is 1. The number of H-pyrrole nitrogens is 1. The number of hydrogen-bond donors (Lipinski definition) is 2. The molecule has 0 radical (unpaired) electrons. The summed E-state index contributed by atoms with van der Waals surface area (Å²) in [6.07, 6.45) is 1.76. The van der Waals surface area contributed by atoms with E-state index in [1.165, 1.54) is 30.3 Å². The smallest absolute Gasteiger partial charge is 0.257 e. The lowest BCUT2D eigenvalue weighted by Gasteiger charge is -2.21. The van der Waals surface area contributed by atoms with Crippen molar-refractivity contribution in [3.8, 4) is 5.75 Å². The van der Waals surface area contributed by atoms with E-state index in [0.29, 0.717) is 24.4 Å². The van der Waals surface area contributed by atoms with Crippen molar-refractivity contribution in [2.75, 3.05) is 20.2 Å². The summed E-state index contributed by atoms with van der Waals surface area (Å²) >= 11 is 0. The largest absolute Gasteiger partial charge is 0.496 e. The number of ether oxygens (including phenoxy) is 1. The Kier molecular flexibility index (Phi) is 3.53. The molecule has 22 heavy (non-hydrogen) atoms. The maximum Gasteiger partial charge on any atom is 0.257 e. The van der Waals surface area contributed by atoms with E-state index in [1.807, 2.05) is 0 Å². The Balaban J connectivity index is 1.84. The Morgan fingerprint density at radius 3 is 3.05 bits per heavy atom. The Hall–Kier alpha value is -2.48. The highest BCUT2D eigenvalue weighted by atomic mass is 19.1. The van der Waals surface area contributed by atoms with Gasteiger partial charge in [0.2, 0.25) is 0 Å². The Bertz CT molecular complexity index is 691. The number of aromatic amines is 1. The molecule has 8 heteroatoms. The van der Waals surface area contributed by atoms with Crippen LogP contribution in [0.4, 0.5) is 4.39 Å². The minimum atomic E-state index is -1.25. The molecule has 0 aliphatic carbocycles. The fourth-order valence-electron chi connectivity index (χ4n) is 2.62. The van der Waals surface area contributed by atoms with Crippen LogP contribution in [0.5, 0.6) is 5.75 Å². The number of aromatic nitrogens is 3. The molecule has 0 unspecified atom stereocenters. The number of halogens is 1. The third kappa shape index (κ3) is 2.41. The van der Waals surface area contributed by atoms with Crippen LogP contribution < -0.4 is 4.74 Å². The minimum absolute atomic E-state index is 0.0675. The highest BCUT2D eigenvalue weighted by Crippen LogP contribution is 2.32. The molecule has 1 aromatic carbocycles. The van der Waals surface area contributed by atoms with E-state index in [4.69, 9.17) is 4.74 Å². The number of carbonyl (C=O) groups excluding carboxylic acids is 1. The van der Waals surface area contributed by atoms with Crippen molar-refractivity contribution < 1.29 is 19.0 Å². The molecule has 1 fully saturated rings. The number of hydrogen-bond acceptors (Lipinski definition) is 5. The summed E-state index contributed by atoms with van der Waals surface area (Å²) in [5.74, 6) is -0.617. The summed E-state index contributed by atoms with van der Waals surface area (Å²) in [6, 6.07) is 3.77. The maximum absolute atomic E-state index is 13.4. The van der Waals surface area contributed by atoms with Crippen molar-refractivity contribution in [2.24, 2.45) is 0 Å². The number of nitrogens with one attached hydrogen (secondary N) is 1. The van der Waals surface area contributed by atoms with Gasteiger partial charge in [-0.05, 0) is 18.2 Å². The number of benzene rings is 1. The number of carbonyl (C=O) groups is 1. The Labute approximate surface area is 125 Å². The van der Waals surface area contributed by atoms with Crippen LogP contribution in [0.15, 0.2) is 24.4 Å². The van der Waals surface area contributed by atoms with Crippen molar-refractivity contribution in [2.45, 2.75) is 12.0 Å². The lowest BCUT2D eigenvalue weighted by atomic mass is 10.00. The molecule has 0 spiro atoms. The van der Waals surface area contributed by atoms with Gasteiger partial charge in [0.05, 0.1) is 25.4 Å². The van der Waals surface area contributed by atoms with Gasteiger partial charge in [-0.25, -0.2) is 4.39 Å². The van der Waals surface area contributed by atoms with Gasteiger partial charge in [-0.15, -0.1) is 0 Å². The number of β-amino-alcohol motifs (C(OH)–C–C–N with tert-alkyl or cyclic N) is 1. The topological polar surface area (TPSA) is 91.3 Å². The molecule has 2 N–H and O–H groups in total. The van der Waals surface area contributed by atoms with Gasteiger partial charge in [0, 0.05) is 13.0 Å². The molecule has 1 aliphatic heterocycles. The molecular weight excluding hydrogens is 291 g/mol. The van der Waals surface area contributed by atoms with E-state index < -0.39 is 17.3 Å². The zero-order valence-electron chi connectivity index (χ0n) is 11.9. The van der Waals surface area contributed by atoms with E-state index in [-0.39, 0.29) is 12.1 Å². The summed E-state index contributed by atoms with van der Waals surface area (Å²) in [5, 5.41) is 20.6. The first-order valence-electron chi connectivity index (χ1n) is 6.75. The van der Waals surface area contributed by atoms with E-state index in [1.54, 1.807) is 0 Å². The predicted octanol–water partition coefficient (Wildman–Crippen LogP) is 0.686. The summed E-state index contributed by atoms with van der Waals surface area (Å²) in [5.41, 5.74) is -0.732. The van der Waals surface area contributed by atoms with Crippen LogP contribution in [0, 0.1) is 5.82 Å².